The van der Waals surface area contributed by atoms with Crippen LogP contribution >= 0.6 is 15.9 Å². The van der Waals surface area contributed by atoms with E-state index >= 15 is 0 Å². The summed E-state index contributed by atoms with van der Waals surface area (Å²) in [5.74, 6) is 0. The highest BCUT2D eigenvalue weighted by Crippen LogP contribution is 2.25. The molecule has 0 aliphatic heterocycles. The van der Waals surface area contributed by atoms with Gasteiger partial charge in [0.05, 0.1) is 9.82 Å². The number of hydrogen-bond acceptors (Lipinski definition) is 4. The maximum Gasteiger partial charge on any atom is 0.270 e. The molecule has 8 heteroatoms. The molecule has 1 aromatic carbocycles. The number of hydrogen-bond donors (Lipinski definition) is 1. The lowest BCUT2D eigenvalue weighted by molar-refractivity contribution is -0.385. The van der Waals surface area contributed by atoms with E-state index in [0.29, 0.717) is 0 Å². The monoisotopic (exact) mass is 280 g/mol. The van der Waals surface area contributed by atoms with Gasteiger partial charge in [0.25, 0.3) is 5.69 Å². The van der Waals surface area contributed by atoms with Crippen molar-refractivity contribution in [3.8, 4) is 0 Å². The highest BCUT2D eigenvalue weighted by atomic mass is 79.9. The third-order valence-electron chi connectivity index (χ3n) is 1.43. The molecule has 0 saturated carbocycles. The van der Waals surface area contributed by atoms with Crippen molar-refractivity contribution >= 4 is 31.6 Å². The molecule has 1 rings (SSSR count). The van der Waals surface area contributed by atoms with Crippen LogP contribution in [0.25, 0.3) is 0 Å². The Balaban J connectivity index is 3.35. The molecule has 0 unspecified atom stereocenters. The standard InChI is InChI=1S/C6H5BrN2O4S/c7-5-3-4(9(10)11)1-2-6(5)14(8,12)13/h1-3H,(H2,8,12,13). The van der Waals surface area contributed by atoms with Crippen LogP contribution in [0.4, 0.5) is 5.69 Å². The summed E-state index contributed by atoms with van der Waals surface area (Å²) >= 11 is 2.89. The number of halogens is 1. The molecule has 0 radical (unpaired) electrons. The largest absolute Gasteiger partial charge is 0.270 e. The molecule has 0 aromatic heterocycles. The second kappa shape index (κ2) is 3.64. The molecule has 0 atom stereocenters. The minimum atomic E-state index is -3.85. The molecule has 2 N–H and O–H groups in total. The number of rotatable bonds is 2. The van der Waals surface area contributed by atoms with Crippen molar-refractivity contribution in [3.05, 3.63) is 32.8 Å². The van der Waals surface area contributed by atoms with Gasteiger partial charge in [0.1, 0.15) is 0 Å². The molecule has 6 nitrogen and oxygen atoms in total. The van der Waals surface area contributed by atoms with Crippen LogP contribution in [-0.4, -0.2) is 13.3 Å². The number of nitrogens with two attached hydrogens (primary N) is 1. The molecule has 0 amide bonds. The molecule has 0 aliphatic rings. The van der Waals surface area contributed by atoms with Crippen molar-refractivity contribution in [2.75, 3.05) is 0 Å². The minimum absolute atomic E-state index is 0.0780. The summed E-state index contributed by atoms with van der Waals surface area (Å²) in [6.45, 7) is 0. The zero-order valence-electron chi connectivity index (χ0n) is 6.68. The smallest absolute Gasteiger partial charge is 0.258 e. The van der Waals surface area contributed by atoms with E-state index in [1.807, 2.05) is 0 Å². The van der Waals surface area contributed by atoms with E-state index in [0.717, 1.165) is 18.2 Å². The number of benzene rings is 1. The van der Waals surface area contributed by atoms with Gasteiger partial charge in [-0.15, -0.1) is 0 Å². The van der Waals surface area contributed by atoms with E-state index in [1.165, 1.54) is 0 Å². The second-order valence-electron chi connectivity index (χ2n) is 2.42. The minimum Gasteiger partial charge on any atom is -0.258 e. The maximum absolute atomic E-state index is 10.9. The van der Waals surface area contributed by atoms with Crippen molar-refractivity contribution in [2.45, 2.75) is 4.90 Å². The Hall–Kier alpha value is -0.990. The lowest BCUT2D eigenvalue weighted by Gasteiger charge is -2.00. The zero-order valence-corrected chi connectivity index (χ0v) is 9.08. The van der Waals surface area contributed by atoms with Crippen LogP contribution in [0.5, 0.6) is 0 Å². The Bertz CT molecular complexity index is 485. The summed E-state index contributed by atoms with van der Waals surface area (Å²) in [7, 11) is -3.85. The first-order valence-electron chi connectivity index (χ1n) is 3.29. The van der Waals surface area contributed by atoms with Crippen LogP contribution in [0.2, 0.25) is 0 Å². The Morgan fingerprint density at radius 1 is 1.43 bits per heavy atom. The normalized spacial score (nSPS) is 11.3. The molecule has 0 aliphatic carbocycles. The summed E-state index contributed by atoms with van der Waals surface area (Å²) in [4.78, 5) is 9.51. The first-order chi connectivity index (χ1) is 6.32. The fourth-order valence-corrected chi connectivity index (χ4v) is 2.47. The number of nitrogens with zero attached hydrogens (tertiary/aromatic N) is 1. The lowest BCUT2D eigenvalue weighted by Crippen LogP contribution is -2.12. The van der Waals surface area contributed by atoms with E-state index in [4.69, 9.17) is 5.14 Å². The van der Waals surface area contributed by atoms with Crippen molar-refractivity contribution in [1.82, 2.24) is 0 Å². The number of primary sulfonamides is 1. The molecule has 76 valence electrons. The summed E-state index contributed by atoms with van der Waals surface area (Å²) in [5.41, 5.74) is -0.204. The van der Waals surface area contributed by atoms with Gasteiger partial charge in [0.2, 0.25) is 10.0 Å². The summed E-state index contributed by atoms with van der Waals surface area (Å²) in [5, 5.41) is 15.2. The van der Waals surface area contributed by atoms with Gasteiger partial charge in [-0.3, -0.25) is 10.1 Å². The zero-order chi connectivity index (χ0) is 10.9. The predicted octanol–water partition coefficient (Wildman–Crippen LogP) is 1.00. The van der Waals surface area contributed by atoms with Crippen LogP contribution < -0.4 is 5.14 Å². The average Bonchev–Trinajstić information content (AvgIpc) is 2.01. The third-order valence-corrected chi connectivity index (χ3v) is 3.32. The quantitative estimate of drug-likeness (QED) is 0.645. The SMILES string of the molecule is NS(=O)(=O)c1ccc([N+](=O)[O-])cc1Br. The Labute approximate surface area is 88.1 Å². The molecular weight excluding hydrogens is 276 g/mol. The van der Waals surface area contributed by atoms with Crippen molar-refractivity contribution in [3.63, 3.8) is 0 Å². The molecule has 0 heterocycles. The number of nitro groups is 1. The maximum atomic E-state index is 10.9. The van der Waals surface area contributed by atoms with E-state index in [9.17, 15) is 18.5 Å². The summed E-state index contributed by atoms with van der Waals surface area (Å²) < 4.78 is 21.9. The number of non-ortho nitro benzene ring substituents is 1. The molecule has 0 fully saturated rings. The molecular formula is C6H5BrN2O4S. The van der Waals surface area contributed by atoms with Crippen LogP contribution in [0.3, 0.4) is 0 Å². The second-order valence-corrected chi connectivity index (χ2v) is 4.80. The highest BCUT2D eigenvalue weighted by Gasteiger charge is 2.15. The van der Waals surface area contributed by atoms with Gasteiger partial charge in [-0.25, -0.2) is 13.6 Å². The topological polar surface area (TPSA) is 103 Å². The molecule has 0 saturated heterocycles. The fraction of sp³-hybridized carbons (Fsp3) is 0. The van der Waals surface area contributed by atoms with E-state index in [2.05, 4.69) is 15.9 Å². The van der Waals surface area contributed by atoms with Crippen LogP contribution in [0.1, 0.15) is 0 Å². The number of sulfonamides is 1. The van der Waals surface area contributed by atoms with Gasteiger partial charge >= 0.3 is 0 Å². The third kappa shape index (κ3) is 2.28. The van der Waals surface area contributed by atoms with Gasteiger partial charge in [-0.05, 0) is 22.0 Å². The number of nitro benzene ring substituents is 1. The van der Waals surface area contributed by atoms with E-state index in [-0.39, 0.29) is 15.1 Å². The molecule has 0 bridgehead atoms. The summed E-state index contributed by atoms with van der Waals surface area (Å²) in [6.07, 6.45) is 0. The van der Waals surface area contributed by atoms with Gasteiger partial charge in [0.15, 0.2) is 0 Å². The van der Waals surface area contributed by atoms with Gasteiger partial charge < -0.3 is 0 Å². The Morgan fingerprint density at radius 3 is 2.36 bits per heavy atom. The van der Waals surface area contributed by atoms with Crippen LogP contribution in [0, 0.1) is 10.1 Å². The van der Waals surface area contributed by atoms with E-state index < -0.39 is 14.9 Å². The van der Waals surface area contributed by atoms with Gasteiger partial charge in [-0.1, -0.05) is 0 Å². The van der Waals surface area contributed by atoms with E-state index in [1.54, 1.807) is 0 Å². The van der Waals surface area contributed by atoms with Crippen molar-refractivity contribution < 1.29 is 13.3 Å². The molecule has 14 heavy (non-hydrogen) atoms. The van der Waals surface area contributed by atoms with Gasteiger partial charge in [0, 0.05) is 16.6 Å². The average molecular weight is 281 g/mol. The van der Waals surface area contributed by atoms with Crippen molar-refractivity contribution in [2.24, 2.45) is 5.14 Å². The Kier molecular flexibility index (Phi) is 2.88. The first-order valence-corrected chi connectivity index (χ1v) is 5.63. The predicted molar refractivity (Wildman–Crippen MR) is 52.2 cm³/mol. The van der Waals surface area contributed by atoms with Crippen LogP contribution in [-0.2, 0) is 10.0 Å². The van der Waals surface area contributed by atoms with Crippen molar-refractivity contribution in [1.29, 1.82) is 0 Å². The molecule has 0 spiro atoms. The van der Waals surface area contributed by atoms with Gasteiger partial charge in [-0.2, -0.15) is 0 Å². The highest BCUT2D eigenvalue weighted by molar-refractivity contribution is 9.10. The first kappa shape index (κ1) is 11.1. The fourth-order valence-electron chi connectivity index (χ4n) is 0.834. The Morgan fingerprint density at radius 2 is 2.00 bits per heavy atom. The molecule has 1 aromatic rings. The lowest BCUT2D eigenvalue weighted by atomic mass is 10.3. The summed E-state index contributed by atoms with van der Waals surface area (Å²) in [6, 6.07) is 3.24. The van der Waals surface area contributed by atoms with Crippen LogP contribution in [0.15, 0.2) is 27.6 Å².